The summed E-state index contributed by atoms with van der Waals surface area (Å²) < 4.78 is 5.45. The molecule has 0 bridgehead atoms. The van der Waals surface area contributed by atoms with Gasteiger partial charge >= 0.3 is 0 Å². The fourth-order valence-electron chi connectivity index (χ4n) is 2.77. The Labute approximate surface area is 165 Å². The van der Waals surface area contributed by atoms with Crippen molar-refractivity contribution in [3.05, 3.63) is 71.2 Å². The van der Waals surface area contributed by atoms with Crippen LogP contribution in [0.1, 0.15) is 34.4 Å². The summed E-state index contributed by atoms with van der Waals surface area (Å²) in [6, 6.07) is 15.0. The molecule has 0 saturated heterocycles. The zero-order chi connectivity index (χ0) is 20.1. The molecule has 0 unspecified atom stereocenters. The fourth-order valence-corrected chi connectivity index (χ4v) is 2.77. The summed E-state index contributed by atoms with van der Waals surface area (Å²) in [4.78, 5) is 21.4. The first-order chi connectivity index (χ1) is 13.5. The molecule has 1 aromatic heterocycles. The highest BCUT2D eigenvalue weighted by atomic mass is 16.5. The number of anilines is 3. The number of benzene rings is 2. The van der Waals surface area contributed by atoms with E-state index in [0.29, 0.717) is 23.9 Å². The van der Waals surface area contributed by atoms with Crippen molar-refractivity contribution in [3.63, 3.8) is 0 Å². The van der Waals surface area contributed by atoms with Crippen LogP contribution < -0.4 is 15.4 Å². The molecule has 0 atom stereocenters. The van der Waals surface area contributed by atoms with E-state index in [4.69, 9.17) is 4.74 Å². The lowest BCUT2D eigenvalue weighted by Gasteiger charge is -2.12. The molecule has 3 aromatic rings. The first-order valence-electron chi connectivity index (χ1n) is 9.19. The number of aromatic nitrogens is 2. The van der Waals surface area contributed by atoms with Gasteiger partial charge in [0.25, 0.3) is 5.91 Å². The smallest absolute Gasteiger partial charge is 0.274 e. The minimum atomic E-state index is -0.269. The molecular weight excluding hydrogens is 352 g/mol. The summed E-state index contributed by atoms with van der Waals surface area (Å²) in [5, 5.41) is 6.14. The van der Waals surface area contributed by atoms with E-state index in [1.54, 1.807) is 13.0 Å². The zero-order valence-electron chi connectivity index (χ0n) is 16.5. The van der Waals surface area contributed by atoms with Crippen LogP contribution in [0.2, 0.25) is 0 Å². The Balaban J connectivity index is 1.78. The van der Waals surface area contributed by atoms with E-state index in [0.717, 1.165) is 28.3 Å². The molecule has 0 saturated carbocycles. The van der Waals surface area contributed by atoms with Gasteiger partial charge in [-0.25, -0.2) is 9.97 Å². The van der Waals surface area contributed by atoms with Crippen molar-refractivity contribution in [2.45, 2.75) is 27.7 Å². The molecule has 28 heavy (non-hydrogen) atoms. The van der Waals surface area contributed by atoms with Crippen LogP contribution in [0.3, 0.4) is 0 Å². The molecule has 6 heteroatoms. The average Bonchev–Trinajstić information content (AvgIpc) is 2.67. The van der Waals surface area contributed by atoms with Crippen LogP contribution >= 0.6 is 0 Å². The summed E-state index contributed by atoms with van der Waals surface area (Å²) >= 11 is 0. The molecule has 1 heterocycles. The van der Waals surface area contributed by atoms with Gasteiger partial charge in [0.1, 0.15) is 23.1 Å². The highest BCUT2D eigenvalue weighted by molar-refractivity contribution is 6.03. The normalized spacial score (nSPS) is 10.4. The van der Waals surface area contributed by atoms with Gasteiger partial charge in [-0.3, -0.25) is 4.79 Å². The standard InChI is InChI=1S/C22H24N4O2/c1-5-28-18-11-9-17(10-12-18)25-21-13-20(23-16(4)24-21)22(27)26-19-8-6-7-14(2)15(19)3/h6-13H,5H2,1-4H3,(H,26,27)(H,23,24,25). The van der Waals surface area contributed by atoms with Gasteiger partial charge in [0.15, 0.2) is 0 Å². The van der Waals surface area contributed by atoms with Crippen LogP contribution in [0.25, 0.3) is 0 Å². The lowest BCUT2D eigenvalue weighted by Crippen LogP contribution is -2.16. The van der Waals surface area contributed by atoms with E-state index in [9.17, 15) is 4.79 Å². The maximum absolute atomic E-state index is 12.7. The van der Waals surface area contributed by atoms with Crippen LogP contribution in [-0.2, 0) is 0 Å². The van der Waals surface area contributed by atoms with E-state index >= 15 is 0 Å². The second kappa shape index (κ2) is 8.52. The van der Waals surface area contributed by atoms with Gasteiger partial charge in [0.2, 0.25) is 0 Å². The van der Waals surface area contributed by atoms with Gasteiger partial charge in [-0.05, 0) is 69.2 Å². The second-order valence-electron chi connectivity index (χ2n) is 6.47. The Morgan fingerprint density at radius 2 is 1.79 bits per heavy atom. The molecular formula is C22H24N4O2. The number of hydrogen-bond acceptors (Lipinski definition) is 5. The monoisotopic (exact) mass is 376 g/mol. The van der Waals surface area contributed by atoms with Gasteiger partial charge in [-0.1, -0.05) is 12.1 Å². The van der Waals surface area contributed by atoms with Crippen LogP contribution in [0.4, 0.5) is 17.2 Å². The minimum absolute atomic E-state index is 0.269. The number of nitrogens with zero attached hydrogens (tertiary/aromatic N) is 2. The van der Waals surface area contributed by atoms with Gasteiger partial charge in [-0.15, -0.1) is 0 Å². The molecule has 144 valence electrons. The quantitative estimate of drug-likeness (QED) is 0.646. The van der Waals surface area contributed by atoms with Crippen molar-refractivity contribution >= 4 is 23.1 Å². The highest BCUT2D eigenvalue weighted by Gasteiger charge is 2.13. The number of nitrogens with one attached hydrogen (secondary N) is 2. The van der Waals surface area contributed by atoms with Gasteiger partial charge in [0.05, 0.1) is 6.61 Å². The Kier molecular flexibility index (Phi) is 5.89. The third kappa shape index (κ3) is 4.65. The average molecular weight is 376 g/mol. The van der Waals surface area contributed by atoms with Crippen LogP contribution in [0, 0.1) is 20.8 Å². The highest BCUT2D eigenvalue weighted by Crippen LogP contribution is 2.21. The molecule has 1 amide bonds. The number of hydrogen-bond donors (Lipinski definition) is 2. The van der Waals surface area contributed by atoms with Crippen molar-refractivity contribution in [2.24, 2.45) is 0 Å². The SMILES string of the molecule is CCOc1ccc(Nc2cc(C(=O)Nc3cccc(C)c3C)nc(C)n2)cc1. The van der Waals surface area contributed by atoms with E-state index in [2.05, 4.69) is 20.6 Å². The lowest BCUT2D eigenvalue weighted by molar-refractivity contribution is 0.102. The first kappa shape index (κ1) is 19.4. The molecule has 0 aliphatic heterocycles. The van der Waals surface area contributed by atoms with Gasteiger partial charge < -0.3 is 15.4 Å². The number of carbonyl (C=O) groups is 1. The van der Waals surface area contributed by atoms with Crippen molar-refractivity contribution < 1.29 is 9.53 Å². The molecule has 2 aromatic carbocycles. The summed E-state index contributed by atoms with van der Waals surface area (Å²) in [6.07, 6.45) is 0. The van der Waals surface area contributed by atoms with E-state index in [-0.39, 0.29) is 5.91 Å². The number of carbonyl (C=O) groups excluding carboxylic acids is 1. The summed E-state index contributed by atoms with van der Waals surface area (Å²) in [5.41, 5.74) is 4.09. The molecule has 3 rings (SSSR count). The molecule has 0 fully saturated rings. The number of rotatable bonds is 6. The number of amides is 1. The summed E-state index contributed by atoms with van der Waals surface area (Å²) in [6.45, 7) is 8.32. The van der Waals surface area contributed by atoms with Crippen molar-refractivity contribution in [1.29, 1.82) is 0 Å². The Hall–Kier alpha value is -3.41. The van der Waals surface area contributed by atoms with Crippen molar-refractivity contribution in [3.8, 4) is 5.75 Å². The third-order valence-corrected chi connectivity index (χ3v) is 4.36. The van der Waals surface area contributed by atoms with Gasteiger partial charge in [-0.2, -0.15) is 0 Å². The maximum Gasteiger partial charge on any atom is 0.274 e. The number of aryl methyl sites for hydroxylation is 2. The maximum atomic E-state index is 12.7. The fraction of sp³-hybridized carbons (Fsp3) is 0.227. The molecule has 6 nitrogen and oxygen atoms in total. The van der Waals surface area contributed by atoms with Gasteiger partial charge in [0, 0.05) is 17.4 Å². The predicted molar refractivity (Wildman–Crippen MR) is 112 cm³/mol. The topological polar surface area (TPSA) is 76.1 Å². The van der Waals surface area contributed by atoms with Crippen LogP contribution in [-0.4, -0.2) is 22.5 Å². The zero-order valence-corrected chi connectivity index (χ0v) is 16.5. The molecule has 0 radical (unpaired) electrons. The minimum Gasteiger partial charge on any atom is -0.494 e. The Morgan fingerprint density at radius 1 is 1.04 bits per heavy atom. The molecule has 0 spiro atoms. The second-order valence-corrected chi connectivity index (χ2v) is 6.47. The first-order valence-corrected chi connectivity index (χ1v) is 9.19. The van der Waals surface area contributed by atoms with Crippen LogP contribution in [0.5, 0.6) is 5.75 Å². The van der Waals surface area contributed by atoms with Crippen LogP contribution in [0.15, 0.2) is 48.5 Å². The Bertz CT molecular complexity index is 984. The molecule has 2 N–H and O–H groups in total. The largest absolute Gasteiger partial charge is 0.494 e. The predicted octanol–water partition coefficient (Wildman–Crippen LogP) is 4.80. The molecule has 0 aliphatic carbocycles. The summed E-state index contributed by atoms with van der Waals surface area (Å²) in [5.74, 6) is 1.61. The Morgan fingerprint density at radius 3 is 2.50 bits per heavy atom. The summed E-state index contributed by atoms with van der Waals surface area (Å²) in [7, 11) is 0. The van der Waals surface area contributed by atoms with Crippen molar-refractivity contribution in [1.82, 2.24) is 9.97 Å². The third-order valence-electron chi connectivity index (χ3n) is 4.36. The number of ether oxygens (including phenoxy) is 1. The van der Waals surface area contributed by atoms with E-state index in [1.165, 1.54) is 0 Å². The van der Waals surface area contributed by atoms with E-state index in [1.807, 2.05) is 63.2 Å². The molecule has 0 aliphatic rings. The lowest BCUT2D eigenvalue weighted by atomic mass is 10.1. The van der Waals surface area contributed by atoms with Crippen molar-refractivity contribution in [2.75, 3.05) is 17.2 Å². The van der Waals surface area contributed by atoms with E-state index < -0.39 is 0 Å².